The van der Waals surface area contributed by atoms with E-state index in [0.29, 0.717) is 24.7 Å². The summed E-state index contributed by atoms with van der Waals surface area (Å²) in [7, 11) is 1.61. The normalized spacial score (nSPS) is 10.8. The van der Waals surface area contributed by atoms with Crippen LogP contribution in [0.15, 0.2) is 71.3 Å². The predicted octanol–water partition coefficient (Wildman–Crippen LogP) is 4.15. The molecule has 0 spiro atoms. The maximum Gasteiger partial charge on any atom is 0.227 e. The molecule has 0 unspecified atom stereocenters. The van der Waals surface area contributed by atoms with E-state index in [1.807, 2.05) is 48.5 Å². The Bertz CT molecular complexity index is 1130. The topological polar surface area (TPSA) is 77.2 Å². The molecule has 0 aliphatic heterocycles. The number of ether oxygens (including phenoxy) is 1. The molecule has 0 aliphatic carbocycles. The summed E-state index contributed by atoms with van der Waals surface area (Å²) < 4.78 is 10.5. The summed E-state index contributed by atoms with van der Waals surface area (Å²) in [6.07, 6.45) is 0.669. The van der Waals surface area contributed by atoms with Gasteiger partial charge in [-0.25, -0.2) is 0 Å². The minimum Gasteiger partial charge on any atom is -0.497 e. The molecule has 0 aliphatic rings. The van der Waals surface area contributed by atoms with Gasteiger partial charge in [0.25, 0.3) is 0 Å². The van der Waals surface area contributed by atoms with E-state index in [9.17, 15) is 4.79 Å². The number of aromatic nitrogens is 2. The van der Waals surface area contributed by atoms with Gasteiger partial charge in [0.2, 0.25) is 17.6 Å². The number of carbonyl (C=O) groups excluding carboxylic acids is 1. The van der Waals surface area contributed by atoms with E-state index in [2.05, 4.69) is 33.7 Å². The summed E-state index contributed by atoms with van der Waals surface area (Å²) in [6, 6.07) is 21.7. The quantitative estimate of drug-likeness (QED) is 0.515. The highest BCUT2D eigenvalue weighted by molar-refractivity contribution is 5.86. The first kappa shape index (κ1) is 18.7. The summed E-state index contributed by atoms with van der Waals surface area (Å²) in [5.74, 6) is 1.58. The third-order valence-corrected chi connectivity index (χ3v) is 4.72. The number of benzene rings is 3. The van der Waals surface area contributed by atoms with Crippen molar-refractivity contribution in [2.24, 2.45) is 0 Å². The minimum atomic E-state index is -0.0564. The van der Waals surface area contributed by atoms with E-state index in [1.165, 1.54) is 0 Å². The van der Waals surface area contributed by atoms with Gasteiger partial charge in [-0.2, -0.15) is 4.98 Å². The fraction of sp³-hybridized carbons (Fsp3) is 0.174. The Hall–Kier alpha value is -3.67. The van der Waals surface area contributed by atoms with Crippen molar-refractivity contribution in [3.8, 4) is 17.1 Å². The fourth-order valence-electron chi connectivity index (χ4n) is 3.19. The standard InChI is InChI=1S/C23H21N3O3/c1-28-19-10-5-8-17(14-19)23-25-22(29-26-23)13-12-21(27)24-15-18-9-4-7-16-6-2-3-11-20(16)18/h2-11,14H,12-13,15H2,1H3,(H,24,27). The zero-order chi connectivity index (χ0) is 20.1. The van der Waals surface area contributed by atoms with Crippen LogP contribution in [0.5, 0.6) is 5.75 Å². The lowest BCUT2D eigenvalue weighted by atomic mass is 10.0. The van der Waals surface area contributed by atoms with Crippen molar-refractivity contribution < 1.29 is 14.1 Å². The van der Waals surface area contributed by atoms with Crippen LogP contribution in [-0.4, -0.2) is 23.2 Å². The molecule has 0 atom stereocenters. The first-order valence-corrected chi connectivity index (χ1v) is 9.43. The predicted molar refractivity (Wildman–Crippen MR) is 110 cm³/mol. The highest BCUT2D eigenvalue weighted by Crippen LogP contribution is 2.21. The molecule has 1 aromatic heterocycles. The molecule has 6 nitrogen and oxygen atoms in total. The van der Waals surface area contributed by atoms with Gasteiger partial charge in [-0.15, -0.1) is 0 Å². The monoisotopic (exact) mass is 387 g/mol. The number of fused-ring (bicyclic) bond motifs is 1. The molecule has 0 fully saturated rings. The van der Waals surface area contributed by atoms with Crippen LogP contribution in [0.1, 0.15) is 17.9 Å². The van der Waals surface area contributed by atoms with Gasteiger partial charge in [0, 0.05) is 24.9 Å². The van der Waals surface area contributed by atoms with Crippen molar-refractivity contribution in [2.45, 2.75) is 19.4 Å². The first-order valence-electron chi connectivity index (χ1n) is 9.43. The summed E-state index contributed by atoms with van der Waals surface area (Å²) in [5, 5.41) is 9.27. The van der Waals surface area contributed by atoms with Gasteiger partial charge in [-0.1, -0.05) is 59.8 Å². The number of nitrogens with one attached hydrogen (secondary N) is 1. The number of carbonyl (C=O) groups is 1. The number of hydrogen-bond donors (Lipinski definition) is 1. The van der Waals surface area contributed by atoms with Gasteiger partial charge in [-0.3, -0.25) is 4.79 Å². The molecule has 4 aromatic rings. The Morgan fingerprint density at radius 3 is 2.79 bits per heavy atom. The lowest BCUT2D eigenvalue weighted by Crippen LogP contribution is -2.23. The number of hydrogen-bond acceptors (Lipinski definition) is 5. The Balaban J connectivity index is 1.33. The molecule has 146 valence electrons. The van der Waals surface area contributed by atoms with Crippen LogP contribution in [0, 0.1) is 0 Å². The van der Waals surface area contributed by atoms with E-state index in [-0.39, 0.29) is 12.3 Å². The second kappa shape index (κ2) is 8.56. The van der Waals surface area contributed by atoms with Gasteiger partial charge in [0.05, 0.1) is 7.11 Å². The van der Waals surface area contributed by atoms with Crippen LogP contribution >= 0.6 is 0 Å². The van der Waals surface area contributed by atoms with Crippen LogP contribution in [0.3, 0.4) is 0 Å². The maximum atomic E-state index is 12.3. The molecule has 1 heterocycles. The number of methoxy groups -OCH3 is 1. The van der Waals surface area contributed by atoms with Crippen LogP contribution in [0.4, 0.5) is 0 Å². The van der Waals surface area contributed by atoms with Crippen molar-refractivity contribution in [1.82, 2.24) is 15.5 Å². The van der Waals surface area contributed by atoms with Crippen LogP contribution < -0.4 is 10.1 Å². The average molecular weight is 387 g/mol. The van der Waals surface area contributed by atoms with Crippen molar-refractivity contribution in [3.63, 3.8) is 0 Å². The molecule has 0 saturated heterocycles. The van der Waals surface area contributed by atoms with E-state index < -0.39 is 0 Å². The number of amides is 1. The Labute approximate surface area is 168 Å². The summed E-state index contributed by atoms with van der Waals surface area (Å²) >= 11 is 0. The zero-order valence-electron chi connectivity index (χ0n) is 16.1. The van der Waals surface area contributed by atoms with Gasteiger partial charge in [-0.05, 0) is 28.5 Å². The molecule has 0 saturated carbocycles. The first-order chi connectivity index (χ1) is 14.2. The highest BCUT2D eigenvalue weighted by atomic mass is 16.5. The summed E-state index contributed by atoms with van der Waals surface area (Å²) in [6.45, 7) is 0.485. The van der Waals surface area contributed by atoms with Gasteiger partial charge >= 0.3 is 0 Å². The van der Waals surface area contributed by atoms with Crippen molar-refractivity contribution >= 4 is 16.7 Å². The largest absolute Gasteiger partial charge is 0.497 e. The van der Waals surface area contributed by atoms with Crippen molar-refractivity contribution in [2.75, 3.05) is 7.11 Å². The summed E-state index contributed by atoms with van der Waals surface area (Å²) in [5.41, 5.74) is 1.90. The summed E-state index contributed by atoms with van der Waals surface area (Å²) in [4.78, 5) is 16.6. The number of rotatable bonds is 7. The molecular formula is C23H21N3O3. The second-order valence-corrected chi connectivity index (χ2v) is 6.66. The van der Waals surface area contributed by atoms with E-state index >= 15 is 0 Å². The Morgan fingerprint density at radius 1 is 1.07 bits per heavy atom. The molecule has 1 amide bonds. The molecule has 6 heteroatoms. The van der Waals surface area contributed by atoms with Crippen molar-refractivity contribution in [3.05, 3.63) is 78.2 Å². The molecule has 29 heavy (non-hydrogen) atoms. The average Bonchev–Trinajstić information content (AvgIpc) is 3.25. The van der Waals surface area contributed by atoms with Crippen LogP contribution in [0.2, 0.25) is 0 Å². The van der Waals surface area contributed by atoms with Gasteiger partial charge in [0.1, 0.15) is 5.75 Å². The molecule has 0 bridgehead atoms. The van der Waals surface area contributed by atoms with E-state index in [1.54, 1.807) is 7.11 Å². The lowest BCUT2D eigenvalue weighted by molar-refractivity contribution is -0.121. The fourth-order valence-corrected chi connectivity index (χ4v) is 3.19. The Kier molecular flexibility index (Phi) is 5.52. The lowest BCUT2D eigenvalue weighted by Gasteiger charge is -2.08. The zero-order valence-corrected chi connectivity index (χ0v) is 16.1. The Morgan fingerprint density at radius 2 is 1.90 bits per heavy atom. The second-order valence-electron chi connectivity index (χ2n) is 6.66. The van der Waals surface area contributed by atoms with E-state index in [4.69, 9.17) is 9.26 Å². The van der Waals surface area contributed by atoms with E-state index in [0.717, 1.165) is 27.6 Å². The molecule has 4 rings (SSSR count). The van der Waals surface area contributed by atoms with Crippen LogP contribution in [-0.2, 0) is 17.8 Å². The molecule has 1 N–H and O–H groups in total. The molecule has 0 radical (unpaired) electrons. The van der Waals surface area contributed by atoms with Crippen molar-refractivity contribution in [1.29, 1.82) is 0 Å². The smallest absolute Gasteiger partial charge is 0.227 e. The van der Waals surface area contributed by atoms with Gasteiger partial charge < -0.3 is 14.6 Å². The molecule has 3 aromatic carbocycles. The SMILES string of the molecule is COc1cccc(-c2noc(CCC(=O)NCc3cccc4ccccc34)n2)c1. The number of nitrogens with zero attached hydrogens (tertiary/aromatic N) is 2. The maximum absolute atomic E-state index is 12.3. The number of aryl methyl sites for hydroxylation is 1. The third kappa shape index (κ3) is 4.43. The van der Waals surface area contributed by atoms with Gasteiger partial charge in [0.15, 0.2) is 0 Å². The third-order valence-electron chi connectivity index (χ3n) is 4.72. The molecular weight excluding hydrogens is 366 g/mol. The van der Waals surface area contributed by atoms with Crippen LogP contribution in [0.25, 0.3) is 22.2 Å². The minimum absolute atomic E-state index is 0.0564. The highest BCUT2D eigenvalue weighted by Gasteiger charge is 2.11.